The Labute approximate surface area is 193 Å². The van der Waals surface area contributed by atoms with E-state index < -0.39 is 23.6 Å². The van der Waals surface area contributed by atoms with Crippen LogP contribution in [0, 0.1) is 18.8 Å². The number of carboxylic acids is 1. The summed E-state index contributed by atoms with van der Waals surface area (Å²) in [7, 11) is 0. The zero-order chi connectivity index (χ0) is 23.9. The zero-order valence-electron chi connectivity index (χ0n) is 18.4. The van der Waals surface area contributed by atoms with Crippen molar-refractivity contribution in [1.29, 1.82) is 0 Å². The second-order valence-corrected chi connectivity index (χ2v) is 8.16. The first-order valence-corrected chi connectivity index (χ1v) is 10.6. The van der Waals surface area contributed by atoms with Crippen LogP contribution in [0.4, 0.5) is 10.7 Å². The monoisotopic (exact) mass is 460 g/mol. The number of carboxylic acid groups (broad SMARTS) is 1. The first kappa shape index (κ1) is 21.4. The van der Waals surface area contributed by atoms with Gasteiger partial charge in [0, 0.05) is 6.07 Å². The maximum Gasteiger partial charge on any atom is 0.414 e. The molecule has 9 nitrogen and oxygen atoms in total. The van der Waals surface area contributed by atoms with Crippen LogP contribution in [-0.4, -0.2) is 22.2 Å². The van der Waals surface area contributed by atoms with Crippen molar-refractivity contribution < 1.29 is 32.7 Å². The molecule has 0 aliphatic heterocycles. The molecule has 1 saturated carbocycles. The summed E-state index contributed by atoms with van der Waals surface area (Å²) in [6.45, 7) is 3.72. The zero-order valence-corrected chi connectivity index (χ0v) is 18.4. The molecule has 1 amide bonds. The van der Waals surface area contributed by atoms with Gasteiger partial charge in [-0.15, -0.1) is 0 Å². The lowest BCUT2D eigenvalue weighted by molar-refractivity contribution is -0.140. The quantitative estimate of drug-likeness (QED) is 0.392. The van der Waals surface area contributed by atoms with E-state index in [1.807, 2.05) is 31.2 Å². The minimum absolute atomic E-state index is 0.0455. The molecule has 34 heavy (non-hydrogen) atoms. The van der Waals surface area contributed by atoms with Crippen molar-refractivity contribution in [3.63, 3.8) is 0 Å². The summed E-state index contributed by atoms with van der Waals surface area (Å²) in [5.74, 6) is 5.61. The Morgan fingerprint density at radius 1 is 1.21 bits per heavy atom. The van der Waals surface area contributed by atoms with Crippen molar-refractivity contribution in [3.05, 3.63) is 71.1 Å². The number of ether oxygens (including phenoxy) is 1. The molecule has 0 spiro atoms. The SMILES string of the molecule is Cc1ccccc1C(C)OC(=O)Nc1ocnc1C#Cc1cc2cc(C3(C(=O)O)CC3)oc2o1. The van der Waals surface area contributed by atoms with Crippen molar-refractivity contribution >= 4 is 29.1 Å². The van der Waals surface area contributed by atoms with Crippen molar-refractivity contribution in [1.82, 2.24) is 4.98 Å². The molecule has 0 saturated heterocycles. The maximum atomic E-state index is 12.3. The predicted molar refractivity (Wildman–Crippen MR) is 119 cm³/mol. The summed E-state index contributed by atoms with van der Waals surface area (Å²) in [5.41, 5.74) is 1.16. The van der Waals surface area contributed by atoms with Crippen molar-refractivity contribution in [2.75, 3.05) is 5.32 Å². The van der Waals surface area contributed by atoms with E-state index in [4.69, 9.17) is 18.0 Å². The van der Waals surface area contributed by atoms with Crippen LogP contribution in [0.2, 0.25) is 0 Å². The number of nitrogens with one attached hydrogen (secondary N) is 1. The van der Waals surface area contributed by atoms with Crippen LogP contribution in [0.25, 0.3) is 11.2 Å². The Kier molecular flexibility index (Phi) is 5.13. The Hall–Kier alpha value is -4.45. The number of carbonyl (C=O) groups excluding carboxylic acids is 1. The molecular formula is C25H20N2O7. The summed E-state index contributed by atoms with van der Waals surface area (Å²) in [4.78, 5) is 27.8. The van der Waals surface area contributed by atoms with E-state index in [2.05, 4.69) is 22.1 Å². The topological polar surface area (TPSA) is 128 Å². The van der Waals surface area contributed by atoms with Crippen LogP contribution < -0.4 is 5.32 Å². The van der Waals surface area contributed by atoms with Crippen LogP contribution in [0.1, 0.15) is 54.2 Å². The van der Waals surface area contributed by atoms with Gasteiger partial charge in [0.05, 0.1) is 5.39 Å². The normalized spacial score (nSPS) is 14.8. The van der Waals surface area contributed by atoms with Gasteiger partial charge in [-0.25, -0.2) is 9.78 Å². The third kappa shape index (κ3) is 3.90. The number of furan rings is 2. The van der Waals surface area contributed by atoms with E-state index in [1.54, 1.807) is 19.1 Å². The van der Waals surface area contributed by atoms with Gasteiger partial charge in [0.1, 0.15) is 17.3 Å². The van der Waals surface area contributed by atoms with Crippen molar-refractivity contribution in [2.45, 2.75) is 38.2 Å². The third-order valence-electron chi connectivity index (χ3n) is 5.84. The highest BCUT2D eigenvalue weighted by Crippen LogP contribution is 2.50. The van der Waals surface area contributed by atoms with Gasteiger partial charge in [-0.2, -0.15) is 0 Å². The van der Waals surface area contributed by atoms with E-state index in [0.717, 1.165) is 17.5 Å². The largest absolute Gasteiger partial charge is 0.480 e. The number of hydrogen-bond donors (Lipinski definition) is 2. The standard InChI is InChI=1S/C25H20N2O7/c1-14-5-3-4-6-18(14)15(2)32-24(30)27-21-19(26-13-31-21)8-7-17-11-16-12-20(34-22(16)33-17)25(9-10-25)23(28)29/h3-6,11-13,15H,9-10H2,1-2H3,(H,27,30)(H,28,29). The summed E-state index contributed by atoms with van der Waals surface area (Å²) >= 11 is 0. The number of anilines is 1. The molecule has 1 atom stereocenters. The molecule has 4 aromatic rings. The number of benzene rings is 1. The van der Waals surface area contributed by atoms with Crippen LogP contribution in [0.3, 0.4) is 0 Å². The number of carbonyl (C=O) groups is 2. The highest BCUT2D eigenvalue weighted by molar-refractivity contribution is 5.86. The number of hydrogen-bond acceptors (Lipinski definition) is 7. The van der Waals surface area contributed by atoms with Gasteiger partial charge in [-0.05, 0) is 55.7 Å². The molecule has 3 aromatic heterocycles. The van der Waals surface area contributed by atoms with Crippen molar-refractivity contribution in [2.24, 2.45) is 0 Å². The Morgan fingerprint density at radius 3 is 2.71 bits per heavy atom. The molecule has 2 N–H and O–H groups in total. The minimum Gasteiger partial charge on any atom is -0.480 e. The first-order valence-electron chi connectivity index (χ1n) is 10.6. The molecule has 0 bridgehead atoms. The van der Waals surface area contributed by atoms with Gasteiger partial charge < -0.3 is 23.1 Å². The summed E-state index contributed by atoms with van der Waals surface area (Å²) in [6, 6.07) is 11.0. The molecule has 0 radical (unpaired) electrons. The molecule has 1 aliphatic carbocycles. The van der Waals surface area contributed by atoms with Gasteiger partial charge >= 0.3 is 12.1 Å². The number of rotatable bonds is 5. The molecule has 1 aromatic carbocycles. The molecule has 5 rings (SSSR count). The fourth-order valence-electron chi connectivity index (χ4n) is 3.76. The predicted octanol–water partition coefficient (Wildman–Crippen LogP) is 5.15. The van der Waals surface area contributed by atoms with Gasteiger partial charge in [0.25, 0.3) is 5.78 Å². The number of aliphatic carboxylic acids is 1. The fourth-order valence-corrected chi connectivity index (χ4v) is 3.76. The summed E-state index contributed by atoms with van der Waals surface area (Å²) < 4.78 is 21.9. The molecule has 172 valence electrons. The Balaban J connectivity index is 1.27. The van der Waals surface area contributed by atoms with E-state index in [0.29, 0.717) is 29.7 Å². The lowest BCUT2D eigenvalue weighted by Gasteiger charge is -2.15. The summed E-state index contributed by atoms with van der Waals surface area (Å²) in [6.07, 6.45) is 1.08. The molecule has 1 unspecified atom stereocenters. The smallest absolute Gasteiger partial charge is 0.414 e. The van der Waals surface area contributed by atoms with E-state index >= 15 is 0 Å². The van der Waals surface area contributed by atoms with Gasteiger partial charge in [-0.1, -0.05) is 24.3 Å². The molecule has 3 heterocycles. The fraction of sp³-hybridized carbons (Fsp3) is 0.240. The second kappa shape index (κ2) is 8.15. The number of nitrogens with zero attached hydrogens (tertiary/aromatic N) is 1. The van der Waals surface area contributed by atoms with Crippen LogP contribution in [-0.2, 0) is 14.9 Å². The van der Waals surface area contributed by atoms with Crippen LogP contribution >= 0.6 is 0 Å². The van der Waals surface area contributed by atoms with E-state index in [-0.39, 0.29) is 17.4 Å². The van der Waals surface area contributed by atoms with Gasteiger partial charge in [0.2, 0.25) is 5.88 Å². The number of fused-ring (bicyclic) bond motifs is 1. The number of aryl methyl sites for hydroxylation is 1. The highest BCUT2D eigenvalue weighted by atomic mass is 16.6. The van der Waals surface area contributed by atoms with E-state index in [1.165, 1.54) is 0 Å². The first-order chi connectivity index (χ1) is 16.4. The minimum atomic E-state index is -0.944. The third-order valence-corrected chi connectivity index (χ3v) is 5.84. The molecule has 9 heteroatoms. The Bertz CT molecular complexity index is 1430. The highest BCUT2D eigenvalue weighted by Gasteiger charge is 2.54. The van der Waals surface area contributed by atoms with Crippen molar-refractivity contribution in [3.8, 4) is 11.8 Å². The number of oxazole rings is 1. The Morgan fingerprint density at radius 2 is 2.00 bits per heavy atom. The van der Waals surface area contributed by atoms with Gasteiger partial charge in [0.15, 0.2) is 17.8 Å². The average molecular weight is 460 g/mol. The summed E-state index contributed by atoms with van der Waals surface area (Å²) in [5, 5.41) is 12.5. The molecule has 1 fully saturated rings. The number of amides is 1. The number of aromatic nitrogens is 1. The average Bonchev–Trinajstić information content (AvgIpc) is 3.12. The lowest BCUT2D eigenvalue weighted by Crippen LogP contribution is -2.18. The van der Waals surface area contributed by atoms with Gasteiger partial charge in [-0.3, -0.25) is 10.1 Å². The second-order valence-electron chi connectivity index (χ2n) is 8.16. The maximum absolute atomic E-state index is 12.3. The lowest BCUT2D eigenvalue weighted by atomic mass is 10.0. The molecule has 1 aliphatic rings. The van der Waals surface area contributed by atoms with E-state index in [9.17, 15) is 14.7 Å². The molecular weight excluding hydrogens is 440 g/mol. The van der Waals surface area contributed by atoms with Crippen LogP contribution in [0.15, 0.2) is 56.0 Å². The van der Waals surface area contributed by atoms with Crippen LogP contribution in [0.5, 0.6) is 0 Å².